The summed E-state index contributed by atoms with van der Waals surface area (Å²) >= 11 is 0. The van der Waals surface area contributed by atoms with E-state index in [1.165, 1.54) is 12.1 Å². The third kappa shape index (κ3) is 2.49. The molecule has 106 valence electrons. The van der Waals surface area contributed by atoms with Gasteiger partial charge in [-0.3, -0.25) is 0 Å². The van der Waals surface area contributed by atoms with Crippen LogP contribution in [0.5, 0.6) is 0 Å². The SMILES string of the molecule is Cc1noc(C)c1C(C)Nc1cccc(F)c1C(=O)O. The second-order valence-corrected chi connectivity index (χ2v) is 4.57. The molecule has 5 nitrogen and oxygen atoms in total. The van der Waals surface area contributed by atoms with Crippen LogP contribution in [0.3, 0.4) is 0 Å². The predicted octanol–water partition coefficient (Wildman–Crippen LogP) is 3.30. The van der Waals surface area contributed by atoms with Gasteiger partial charge in [-0.1, -0.05) is 11.2 Å². The van der Waals surface area contributed by atoms with Crippen LogP contribution in [0.2, 0.25) is 0 Å². The van der Waals surface area contributed by atoms with Crippen LogP contribution in [0.1, 0.15) is 40.3 Å². The molecule has 0 amide bonds. The Balaban J connectivity index is 2.36. The monoisotopic (exact) mass is 278 g/mol. The van der Waals surface area contributed by atoms with Crippen LogP contribution in [-0.2, 0) is 0 Å². The van der Waals surface area contributed by atoms with E-state index in [2.05, 4.69) is 10.5 Å². The van der Waals surface area contributed by atoms with Crippen LogP contribution in [-0.4, -0.2) is 16.2 Å². The molecule has 0 radical (unpaired) electrons. The van der Waals surface area contributed by atoms with Gasteiger partial charge < -0.3 is 14.9 Å². The van der Waals surface area contributed by atoms with E-state index in [1.54, 1.807) is 13.8 Å². The van der Waals surface area contributed by atoms with E-state index in [0.29, 0.717) is 5.76 Å². The number of benzene rings is 1. The molecule has 1 aromatic carbocycles. The number of carboxylic acids is 1. The minimum Gasteiger partial charge on any atom is -0.478 e. The summed E-state index contributed by atoms with van der Waals surface area (Å²) in [7, 11) is 0. The van der Waals surface area contributed by atoms with Gasteiger partial charge in [-0.25, -0.2) is 9.18 Å². The summed E-state index contributed by atoms with van der Waals surface area (Å²) in [6.07, 6.45) is 0. The molecule has 1 aromatic heterocycles. The minimum atomic E-state index is -1.31. The molecule has 6 heteroatoms. The molecule has 2 rings (SSSR count). The molecule has 2 N–H and O–H groups in total. The van der Waals surface area contributed by atoms with Crippen LogP contribution < -0.4 is 5.32 Å². The van der Waals surface area contributed by atoms with Crippen LogP contribution in [0, 0.1) is 19.7 Å². The number of nitrogens with zero attached hydrogens (tertiary/aromatic N) is 1. The second kappa shape index (κ2) is 5.32. The molecule has 0 saturated heterocycles. The maximum Gasteiger partial charge on any atom is 0.340 e. The maximum atomic E-state index is 13.6. The first-order chi connectivity index (χ1) is 9.41. The zero-order valence-corrected chi connectivity index (χ0v) is 11.4. The second-order valence-electron chi connectivity index (χ2n) is 4.57. The van der Waals surface area contributed by atoms with E-state index in [4.69, 9.17) is 9.63 Å². The molecule has 1 unspecified atom stereocenters. The molecule has 20 heavy (non-hydrogen) atoms. The zero-order chi connectivity index (χ0) is 14.9. The lowest BCUT2D eigenvalue weighted by atomic mass is 10.1. The van der Waals surface area contributed by atoms with Gasteiger partial charge in [0.15, 0.2) is 0 Å². The van der Waals surface area contributed by atoms with E-state index < -0.39 is 11.8 Å². The molecule has 0 aliphatic carbocycles. The first kappa shape index (κ1) is 14.0. The standard InChI is InChI=1S/C14H15FN2O3/c1-7(12-8(2)17-20-9(12)3)16-11-6-4-5-10(15)13(11)14(18)19/h4-7,16H,1-3H3,(H,18,19). The smallest absolute Gasteiger partial charge is 0.340 e. The topological polar surface area (TPSA) is 75.4 Å². The van der Waals surface area contributed by atoms with Crippen LogP contribution in [0.4, 0.5) is 10.1 Å². The van der Waals surface area contributed by atoms with E-state index in [0.717, 1.165) is 17.3 Å². The van der Waals surface area contributed by atoms with Gasteiger partial charge in [-0.2, -0.15) is 0 Å². The van der Waals surface area contributed by atoms with Crippen LogP contribution >= 0.6 is 0 Å². The summed E-state index contributed by atoms with van der Waals surface area (Å²) < 4.78 is 18.7. The lowest BCUT2D eigenvalue weighted by molar-refractivity contribution is 0.0693. The third-order valence-electron chi connectivity index (χ3n) is 3.12. The molecule has 0 bridgehead atoms. The fourth-order valence-electron chi connectivity index (χ4n) is 2.28. The summed E-state index contributed by atoms with van der Waals surface area (Å²) in [5, 5.41) is 15.9. The maximum absolute atomic E-state index is 13.6. The first-order valence-corrected chi connectivity index (χ1v) is 6.13. The fourth-order valence-corrected chi connectivity index (χ4v) is 2.28. The highest BCUT2D eigenvalue weighted by molar-refractivity contribution is 5.94. The zero-order valence-electron chi connectivity index (χ0n) is 11.4. The number of aryl methyl sites for hydroxylation is 2. The number of halogens is 1. The molecule has 1 atom stereocenters. The van der Waals surface area contributed by atoms with Crippen molar-refractivity contribution in [2.75, 3.05) is 5.32 Å². The number of nitrogens with one attached hydrogen (secondary N) is 1. The highest BCUT2D eigenvalue weighted by Crippen LogP contribution is 2.27. The summed E-state index contributed by atoms with van der Waals surface area (Å²) in [4.78, 5) is 11.1. The summed E-state index contributed by atoms with van der Waals surface area (Å²) in [5.74, 6) is -1.43. The number of aromatic carboxylic acids is 1. The van der Waals surface area contributed by atoms with Crippen molar-refractivity contribution in [3.63, 3.8) is 0 Å². The van der Waals surface area contributed by atoms with E-state index in [-0.39, 0.29) is 17.3 Å². The Morgan fingerprint density at radius 3 is 2.70 bits per heavy atom. The van der Waals surface area contributed by atoms with Gasteiger partial charge in [0.2, 0.25) is 0 Å². The predicted molar refractivity (Wildman–Crippen MR) is 71.4 cm³/mol. The fraction of sp³-hybridized carbons (Fsp3) is 0.286. The Labute approximate surface area is 115 Å². The lowest BCUT2D eigenvalue weighted by Crippen LogP contribution is -2.13. The van der Waals surface area contributed by atoms with Crippen molar-refractivity contribution >= 4 is 11.7 Å². The quantitative estimate of drug-likeness (QED) is 0.897. The largest absolute Gasteiger partial charge is 0.478 e. The highest BCUT2D eigenvalue weighted by Gasteiger charge is 2.20. The van der Waals surface area contributed by atoms with Gasteiger partial charge in [0, 0.05) is 5.56 Å². The van der Waals surface area contributed by atoms with Crippen molar-refractivity contribution in [2.45, 2.75) is 26.8 Å². The van der Waals surface area contributed by atoms with Crippen LogP contribution in [0.15, 0.2) is 22.7 Å². The van der Waals surface area contributed by atoms with Crippen molar-refractivity contribution in [1.29, 1.82) is 0 Å². The summed E-state index contributed by atoms with van der Waals surface area (Å²) in [5.41, 5.74) is 1.41. The lowest BCUT2D eigenvalue weighted by Gasteiger charge is -2.17. The molecule has 0 saturated carbocycles. The highest BCUT2D eigenvalue weighted by atomic mass is 19.1. The number of carbonyl (C=O) groups is 1. The van der Waals surface area contributed by atoms with Gasteiger partial charge in [0.05, 0.1) is 17.4 Å². The van der Waals surface area contributed by atoms with Crippen molar-refractivity contribution in [1.82, 2.24) is 5.16 Å². The number of carboxylic acid groups (broad SMARTS) is 1. The Bertz CT molecular complexity index is 632. The molecule has 0 aliphatic heterocycles. The van der Waals surface area contributed by atoms with Crippen molar-refractivity contribution in [2.24, 2.45) is 0 Å². The molecule has 0 spiro atoms. The van der Waals surface area contributed by atoms with Crippen molar-refractivity contribution in [3.05, 3.63) is 46.6 Å². The molecule has 2 aromatic rings. The molecular formula is C14H15FN2O3. The number of rotatable bonds is 4. The summed E-state index contributed by atoms with van der Waals surface area (Å²) in [6.45, 7) is 5.41. The minimum absolute atomic E-state index is 0.227. The molecule has 0 fully saturated rings. The Morgan fingerprint density at radius 2 is 2.15 bits per heavy atom. The molecule has 1 heterocycles. The average Bonchev–Trinajstić information content (AvgIpc) is 2.68. The van der Waals surface area contributed by atoms with Crippen molar-refractivity contribution < 1.29 is 18.8 Å². The van der Waals surface area contributed by atoms with Gasteiger partial charge in [-0.05, 0) is 32.9 Å². The van der Waals surface area contributed by atoms with Gasteiger partial charge in [-0.15, -0.1) is 0 Å². The van der Waals surface area contributed by atoms with Gasteiger partial charge in [0.1, 0.15) is 17.1 Å². The third-order valence-corrected chi connectivity index (χ3v) is 3.12. The van der Waals surface area contributed by atoms with Crippen LogP contribution in [0.25, 0.3) is 0 Å². The summed E-state index contributed by atoms with van der Waals surface area (Å²) in [6, 6.07) is 3.86. The van der Waals surface area contributed by atoms with E-state index in [1.807, 2.05) is 6.92 Å². The first-order valence-electron chi connectivity index (χ1n) is 6.13. The Kier molecular flexibility index (Phi) is 3.74. The molecular weight excluding hydrogens is 263 g/mol. The average molecular weight is 278 g/mol. The number of aromatic nitrogens is 1. The van der Waals surface area contributed by atoms with E-state index >= 15 is 0 Å². The Morgan fingerprint density at radius 1 is 1.45 bits per heavy atom. The van der Waals surface area contributed by atoms with Gasteiger partial charge >= 0.3 is 5.97 Å². The van der Waals surface area contributed by atoms with Crippen molar-refractivity contribution in [3.8, 4) is 0 Å². The normalized spacial score (nSPS) is 12.2. The number of anilines is 1. The van der Waals surface area contributed by atoms with E-state index in [9.17, 15) is 9.18 Å². The van der Waals surface area contributed by atoms with Gasteiger partial charge in [0.25, 0.3) is 0 Å². The molecule has 0 aliphatic rings. The number of hydrogen-bond donors (Lipinski definition) is 2. The Hall–Kier alpha value is -2.37. The number of hydrogen-bond acceptors (Lipinski definition) is 4.